The lowest BCUT2D eigenvalue weighted by Crippen LogP contribution is -2.29. The molecule has 2 atom stereocenters. The van der Waals surface area contributed by atoms with Crippen LogP contribution < -0.4 is 4.72 Å². The number of nitrogens with one attached hydrogen (secondary N) is 1. The average Bonchev–Trinajstić information content (AvgIpc) is 3.45. The highest BCUT2D eigenvalue weighted by atomic mass is 32.2. The van der Waals surface area contributed by atoms with Gasteiger partial charge >= 0.3 is 0 Å². The van der Waals surface area contributed by atoms with Crippen LogP contribution in [0, 0.1) is 17.7 Å². The molecule has 2 aliphatic rings. The topological polar surface area (TPSA) is 46.2 Å². The Kier molecular flexibility index (Phi) is 6.59. The van der Waals surface area contributed by atoms with Crippen LogP contribution in [0.3, 0.4) is 0 Å². The first-order chi connectivity index (χ1) is 14.4. The molecular weight excluding hydrogens is 397 g/mol. The maximum atomic E-state index is 14.8. The summed E-state index contributed by atoms with van der Waals surface area (Å²) in [6.45, 7) is 2.47. The molecule has 2 unspecified atom stereocenters. The van der Waals surface area contributed by atoms with E-state index in [9.17, 15) is 12.8 Å². The lowest BCUT2D eigenvalue weighted by Gasteiger charge is -2.21. The number of sulfonamides is 1. The largest absolute Gasteiger partial charge is 0.215 e. The molecule has 4 rings (SSSR count). The molecule has 2 aromatic rings. The summed E-state index contributed by atoms with van der Waals surface area (Å²) in [6, 6.07) is 14.2. The van der Waals surface area contributed by atoms with Gasteiger partial charge < -0.3 is 0 Å². The van der Waals surface area contributed by atoms with Crippen LogP contribution in [0.2, 0.25) is 0 Å². The van der Waals surface area contributed by atoms with Gasteiger partial charge in [-0.2, -0.15) is 0 Å². The third kappa shape index (κ3) is 5.30. The van der Waals surface area contributed by atoms with Gasteiger partial charge in [0.2, 0.25) is 10.0 Å². The van der Waals surface area contributed by atoms with Crippen molar-refractivity contribution in [2.24, 2.45) is 11.8 Å². The Hall–Kier alpha value is -1.72. The molecule has 1 saturated carbocycles. The van der Waals surface area contributed by atoms with Crippen molar-refractivity contribution in [3.63, 3.8) is 0 Å². The van der Waals surface area contributed by atoms with Gasteiger partial charge in [-0.3, -0.25) is 0 Å². The van der Waals surface area contributed by atoms with Gasteiger partial charge in [-0.1, -0.05) is 49.7 Å². The van der Waals surface area contributed by atoms with Crippen molar-refractivity contribution >= 4 is 10.0 Å². The highest BCUT2D eigenvalue weighted by molar-refractivity contribution is 7.89. The fourth-order valence-corrected chi connectivity index (χ4v) is 6.37. The molecule has 0 bridgehead atoms. The van der Waals surface area contributed by atoms with E-state index >= 15 is 0 Å². The highest BCUT2D eigenvalue weighted by Gasteiger charge is 2.33. The smallest absolute Gasteiger partial charge is 0.211 e. The van der Waals surface area contributed by atoms with Gasteiger partial charge in [0.05, 0.1) is 5.75 Å². The van der Waals surface area contributed by atoms with Crippen LogP contribution in [-0.2, 0) is 29.3 Å². The van der Waals surface area contributed by atoms with Crippen LogP contribution in [0.5, 0.6) is 0 Å². The average molecular weight is 430 g/mol. The second-order valence-electron chi connectivity index (χ2n) is 9.06. The molecule has 0 radical (unpaired) electrons. The Morgan fingerprint density at radius 2 is 1.90 bits per heavy atom. The quantitative estimate of drug-likeness (QED) is 0.578. The number of rotatable bonds is 10. The maximum absolute atomic E-state index is 14.8. The molecule has 30 heavy (non-hydrogen) atoms. The number of halogens is 1. The van der Waals surface area contributed by atoms with E-state index in [4.69, 9.17) is 0 Å². The first-order valence-corrected chi connectivity index (χ1v) is 12.9. The molecule has 0 heterocycles. The molecule has 5 heteroatoms. The minimum Gasteiger partial charge on any atom is -0.215 e. The standard InChI is InChI=1S/C25H32FNO2S/c1-2-6-20-14-22-16-25(26)21(11-12-27-30(28,29)17-19-9-10-19)15-24(22)23(20)13-18-7-4-3-5-8-18/h3-5,7-8,15-16,19-20,23,27H,2,6,9-14,17H2,1H3. The first kappa shape index (κ1) is 21.5. The first-order valence-electron chi connectivity index (χ1n) is 11.3. The van der Waals surface area contributed by atoms with Crippen LogP contribution in [0.25, 0.3) is 0 Å². The molecule has 1 fully saturated rings. The summed E-state index contributed by atoms with van der Waals surface area (Å²) in [5.74, 6) is 1.25. The Bertz CT molecular complexity index is 970. The van der Waals surface area contributed by atoms with Crippen molar-refractivity contribution in [2.45, 2.75) is 57.8 Å². The summed E-state index contributed by atoms with van der Waals surface area (Å²) in [4.78, 5) is 0. The molecule has 2 aliphatic carbocycles. The van der Waals surface area contributed by atoms with E-state index in [0.29, 0.717) is 29.7 Å². The zero-order valence-electron chi connectivity index (χ0n) is 17.7. The van der Waals surface area contributed by atoms with E-state index in [-0.39, 0.29) is 18.1 Å². The summed E-state index contributed by atoms with van der Waals surface area (Å²) >= 11 is 0. The zero-order chi connectivity index (χ0) is 21.1. The van der Waals surface area contributed by atoms with Gasteiger partial charge in [0.15, 0.2) is 0 Å². The SMILES string of the molecule is CCCC1Cc2cc(F)c(CCNS(=O)(=O)CC3CC3)cc2C1Cc1ccccc1. The van der Waals surface area contributed by atoms with Gasteiger partial charge in [-0.15, -0.1) is 0 Å². The molecule has 0 spiro atoms. The number of fused-ring (bicyclic) bond motifs is 1. The third-order valence-corrected chi connectivity index (χ3v) is 8.14. The molecule has 1 N–H and O–H groups in total. The van der Waals surface area contributed by atoms with E-state index < -0.39 is 10.0 Å². The number of hydrogen-bond acceptors (Lipinski definition) is 2. The molecule has 0 aliphatic heterocycles. The van der Waals surface area contributed by atoms with E-state index in [1.165, 1.54) is 11.1 Å². The summed E-state index contributed by atoms with van der Waals surface area (Å²) in [5, 5.41) is 0. The summed E-state index contributed by atoms with van der Waals surface area (Å²) < 4.78 is 41.7. The van der Waals surface area contributed by atoms with Crippen molar-refractivity contribution in [1.82, 2.24) is 4.72 Å². The fourth-order valence-electron chi connectivity index (χ4n) is 4.88. The molecule has 3 nitrogen and oxygen atoms in total. The van der Waals surface area contributed by atoms with Gasteiger partial charge in [0.25, 0.3) is 0 Å². The monoisotopic (exact) mass is 429 g/mol. The van der Waals surface area contributed by atoms with Crippen LogP contribution in [0.1, 0.15) is 60.8 Å². The second-order valence-corrected chi connectivity index (χ2v) is 10.9. The predicted octanol–water partition coefficient (Wildman–Crippen LogP) is 5.00. The lowest BCUT2D eigenvalue weighted by atomic mass is 9.84. The molecular formula is C25H32FNO2S. The predicted molar refractivity (Wildman–Crippen MR) is 120 cm³/mol. The van der Waals surface area contributed by atoms with Crippen molar-refractivity contribution < 1.29 is 12.8 Å². The van der Waals surface area contributed by atoms with E-state index in [2.05, 4.69) is 35.9 Å². The van der Waals surface area contributed by atoms with Gasteiger partial charge in [0.1, 0.15) is 5.82 Å². The second kappa shape index (κ2) is 9.19. The van der Waals surface area contributed by atoms with Crippen LogP contribution in [0.4, 0.5) is 4.39 Å². The Morgan fingerprint density at radius 1 is 1.13 bits per heavy atom. The number of hydrogen-bond donors (Lipinski definition) is 1. The molecule has 0 amide bonds. The summed E-state index contributed by atoms with van der Waals surface area (Å²) in [7, 11) is -3.25. The Balaban J connectivity index is 1.49. The van der Waals surface area contributed by atoms with E-state index in [1.807, 2.05) is 12.1 Å². The van der Waals surface area contributed by atoms with Gasteiger partial charge in [-0.05, 0) is 84.6 Å². The summed E-state index contributed by atoms with van der Waals surface area (Å²) in [5.41, 5.74) is 4.33. The fraction of sp³-hybridized carbons (Fsp3) is 0.520. The third-order valence-electron chi connectivity index (χ3n) is 6.59. The van der Waals surface area contributed by atoms with Crippen LogP contribution in [-0.4, -0.2) is 20.7 Å². The van der Waals surface area contributed by atoms with Crippen molar-refractivity contribution in [2.75, 3.05) is 12.3 Å². The van der Waals surface area contributed by atoms with Gasteiger partial charge in [0, 0.05) is 6.54 Å². The van der Waals surface area contributed by atoms with Crippen molar-refractivity contribution in [1.29, 1.82) is 0 Å². The zero-order valence-corrected chi connectivity index (χ0v) is 18.6. The Morgan fingerprint density at radius 3 is 2.60 bits per heavy atom. The van der Waals surface area contributed by atoms with E-state index in [0.717, 1.165) is 44.1 Å². The van der Waals surface area contributed by atoms with Gasteiger partial charge in [-0.25, -0.2) is 17.5 Å². The highest BCUT2D eigenvalue weighted by Crippen LogP contribution is 2.43. The lowest BCUT2D eigenvalue weighted by molar-refractivity contribution is 0.418. The molecule has 0 saturated heterocycles. The van der Waals surface area contributed by atoms with Crippen LogP contribution >= 0.6 is 0 Å². The minimum atomic E-state index is -3.25. The van der Waals surface area contributed by atoms with Crippen LogP contribution in [0.15, 0.2) is 42.5 Å². The van der Waals surface area contributed by atoms with E-state index in [1.54, 1.807) is 6.07 Å². The molecule has 162 valence electrons. The Labute approximate surface area is 180 Å². The van der Waals surface area contributed by atoms with Crippen molar-refractivity contribution in [3.8, 4) is 0 Å². The molecule has 2 aromatic carbocycles. The van der Waals surface area contributed by atoms with Crippen molar-refractivity contribution in [3.05, 3.63) is 70.5 Å². The maximum Gasteiger partial charge on any atom is 0.211 e. The minimum absolute atomic E-state index is 0.203. The number of benzene rings is 2. The normalized spacial score (nSPS) is 21.0. The summed E-state index contributed by atoms with van der Waals surface area (Å²) in [6.07, 6.45) is 6.57. The molecule has 0 aromatic heterocycles.